The van der Waals surface area contributed by atoms with Crippen molar-refractivity contribution in [2.75, 3.05) is 13.1 Å². The molecule has 0 radical (unpaired) electrons. The van der Waals surface area contributed by atoms with Gasteiger partial charge >= 0.3 is 5.97 Å². The smallest absolute Gasteiger partial charge is 0.333 e. The van der Waals surface area contributed by atoms with Crippen LogP contribution in [-0.2, 0) is 46.5 Å². The molecule has 0 spiro atoms. The highest BCUT2D eigenvalue weighted by Gasteiger charge is 2.31. The standard InChI is InChI=1S/C32H47N7O8/c1-7-14-39-18-22(35-19-39)15-23(37-25(41)16-33-24(40)8-2)29(44)36-20(3)28(43)30(45)34-17-26(42)38-27(21-12-10-9-11-13-21)31(46)47-32(4,5)6/h9-13,18-20,23,27-28,43H,7-8,14-17H2,1-6H3,(H,33,40)(H,34,45)(H,36,44)(H,37,41)(H,38,42). The molecule has 0 fully saturated rings. The summed E-state index contributed by atoms with van der Waals surface area (Å²) < 4.78 is 7.28. The first-order chi connectivity index (χ1) is 22.1. The molecule has 1 aromatic heterocycles. The first-order valence-corrected chi connectivity index (χ1v) is 15.5. The number of aryl methyl sites for hydroxylation is 1. The normalized spacial score (nSPS) is 13.7. The Labute approximate surface area is 274 Å². The van der Waals surface area contributed by atoms with Gasteiger partial charge in [-0.2, -0.15) is 0 Å². The third-order valence-electron chi connectivity index (χ3n) is 6.62. The maximum absolute atomic E-state index is 13.2. The van der Waals surface area contributed by atoms with Gasteiger partial charge in [0.1, 0.15) is 11.6 Å². The SMILES string of the molecule is CCCn1cnc(CC(NC(=O)CNC(=O)CC)C(=O)NC(C)C(O)C(=O)NCC(=O)NC(C(=O)OC(C)(C)C)c2ccccc2)c1. The van der Waals surface area contributed by atoms with E-state index < -0.39 is 66.0 Å². The van der Waals surface area contributed by atoms with Gasteiger partial charge in [0.25, 0.3) is 5.91 Å². The Morgan fingerprint density at radius 1 is 0.894 bits per heavy atom. The first-order valence-electron chi connectivity index (χ1n) is 15.5. The van der Waals surface area contributed by atoms with E-state index in [1.165, 1.54) is 6.92 Å². The fraction of sp³-hybridized carbons (Fsp3) is 0.531. The van der Waals surface area contributed by atoms with Gasteiger partial charge in [-0.25, -0.2) is 9.78 Å². The third-order valence-corrected chi connectivity index (χ3v) is 6.62. The molecule has 5 amide bonds. The number of nitrogens with zero attached hydrogens (tertiary/aromatic N) is 2. The number of carbonyl (C=O) groups is 6. The van der Waals surface area contributed by atoms with Crippen LogP contribution < -0.4 is 26.6 Å². The number of aliphatic hydroxyl groups is 1. The molecule has 4 atom stereocenters. The molecule has 6 N–H and O–H groups in total. The molecule has 0 aliphatic rings. The second-order valence-corrected chi connectivity index (χ2v) is 12.0. The molecule has 0 saturated carbocycles. The van der Waals surface area contributed by atoms with Crippen LogP contribution in [-0.4, -0.2) is 87.0 Å². The van der Waals surface area contributed by atoms with Crippen molar-refractivity contribution >= 4 is 35.5 Å². The highest BCUT2D eigenvalue weighted by atomic mass is 16.6. The van der Waals surface area contributed by atoms with E-state index in [-0.39, 0.29) is 25.3 Å². The summed E-state index contributed by atoms with van der Waals surface area (Å²) in [6, 6.07) is 5.03. The van der Waals surface area contributed by atoms with Crippen molar-refractivity contribution in [1.29, 1.82) is 0 Å². The van der Waals surface area contributed by atoms with Gasteiger partial charge in [-0.15, -0.1) is 0 Å². The molecular weight excluding hydrogens is 610 g/mol. The molecule has 15 heteroatoms. The summed E-state index contributed by atoms with van der Waals surface area (Å²) in [6.07, 6.45) is 2.64. The number of carbonyl (C=O) groups excluding carboxylic acids is 6. The van der Waals surface area contributed by atoms with Crippen LogP contribution in [0.5, 0.6) is 0 Å². The average Bonchev–Trinajstić information content (AvgIpc) is 3.46. The molecule has 1 aromatic carbocycles. The maximum atomic E-state index is 13.2. The van der Waals surface area contributed by atoms with Gasteiger partial charge in [0.05, 0.1) is 31.2 Å². The Balaban J connectivity index is 2.02. The predicted molar refractivity (Wildman–Crippen MR) is 171 cm³/mol. The number of rotatable bonds is 17. The number of hydrogen-bond donors (Lipinski definition) is 6. The number of aliphatic hydroxyl groups excluding tert-OH is 1. The van der Waals surface area contributed by atoms with E-state index in [1.807, 2.05) is 11.5 Å². The highest BCUT2D eigenvalue weighted by Crippen LogP contribution is 2.18. The van der Waals surface area contributed by atoms with E-state index >= 15 is 0 Å². The number of esters is 1. The Morgan fingerprint density at radius 3 is 2.15 bits per heavy atom. The molecule has 1 heterocycles. The minimum Gasteiger partial charge on any atom is -0.458 e. The fourth-order valence-corrected chi connectivity index (χ4v) is 4.26. The highest BCUT2D eigenvalue weighted by molar-refractivity contribution is 5.92. The van der Waals surface area contributed by atoms with Gasteiger partial charge in [-0.05, 0) is 39.7 Å². The summed E-state index contributed by atoms with van der Waals surface area (Å²) >= 11 is 0. The molecular formula is C32H47N7O8. The zero-order chi connectivity index (χ0) is 35.1. The number of benzene rings is 1. The van der Waals surface area contributed by atoms with E-state index in [4.69, 9.17) is 4.74 Å². The summed E-state index contributed by atoms with van der Waals surface area (Å²) in [5.41, 5.74) is 0.190. The molecule has 4 unspecified atom stereocenters. The molecule has 0 aliphatic carbocycles. The number of nitrogens with one attached hydrogen (secondary N) is 5. The first kappa shape index (κ1) is 38.4. The molecule has 2 rings (SSSR count). The van der Waals surface area contributed by atoms with E-state index in [2.05, 4.69) is 31.6 Å². The van der Waals surface area contributed by atoms with Gasteiger partial charge in [0, 0.05) is 25.6 Å². The van der Waals surface area contributed by atoms with Crippen molar-refractivity contribution in [3.8, 4) is 0 Å². The van der Waals surface area contributed by atoms with Crippen molar-refractivity contribution < 1.29 is 38.6 Å². The largest absolute Gasteiger partial charge is 0.458 e. The average molecular weight is 658 g/mol. The molecule has 15 nitrogen and oxygen atoms in total. The Kier molecular flexibility index (Phi) is 15.0. The summed E-state index contributed by atoms with van der Waals surface area (Å²) in [6.45, 7) is 9.89. The lowest BCUT2D eigenvalue weighted by atomic mass is 10.1. The van der Waals surface area contributed by atoms with E-state index in [9.17, 15) is 33.9 Å². The Morgan fingerprint density at radius 2 is 1.53 bits per heavy atom. The van der Waals surface area contributed by atoms with Crippen LogP contribution in [0.4, 0.5) is 0 Å². The van der Waals surface area contributed by atoms with E-state index in [0.717, 1.165) is 6.42 Å². The van der Waals surface area contributed by atoms with Gasteiger partial charge in [-0.1, -0.05) is 44.2 Å². The zero-order valence-electron chi connectivity index (χ0n) is 27.8. The van der Waals surface area contributed by atoms with Crippen LogP contribution in [0.15, 0.2) is 42.9 Å². The molecule has 0 bridgehead atoms. The van der Waals surface area contributed by atoms with Crippen molar-refractivity contribution in [2.24, 2.45) is 0 Å². The lowest BCUT2D eigenvalue weighted by Crippen LogP contribution is -2.56. The van der Waals surface area contributed by atoms with E-state index in [0.29, 0.717) is 17.8 Å². The molecule has 0 aliphatic heterocycles. The quantitative estimate of drug-likeness (QED) is 0.127. The molecule has 0 saturated heterocycles. The minimum absolute atomic E-state index is 0.00538. The van der Waals surface area contributed by atoms with Crippen LogP contribution in [0.3, 0.4) is 0 Å². The van der Waals surface area contributed by atoms with Crippen molar-refractivity contribution in [3.05, 3.63) is 54.1 Å². The van der Waals surface area contributed by atoms with Crippen molar-refractivity contribution in [1.82, 2.24) is 36.1 Å². The fourth-order valence-electron chi connectivity index (χ4n) is 4.26. The number of hydrogen-bond acceptors (Lipinski definition) is 9. The Hall–Kier alpha value is -4.79. The summed E-state index contributed by atoms with van der Waals surface area (Å²) in [5, 5.41) is 23.0. The summed E-state index contributed by atoms with van der Waals surface area (Å²) in [4.78, 5) is 79.9. The van der Waals surface area contributed by atoms with Crippen molar-refractivity contribution in [2.45, 2.75) is 97.2 Å². The second-order valence-electron chi connectivity index (χ2n) is 12.0. The van der Waals surface area contributed by atoms with Crippen molar-refractivity contribution in [3.63, 3.8) is 0 Å². The van der Waals surface area contributed by atoms with Gasteiger partial charge in [0.2, 0.25) is 23.6 Å². The molecule has 47 heavy (non-hydrogen) atoms. The Bertz CT molecular complexity index is 1370. The van der Waals surface area contributed by atoms with Crippen LogP contribution in [0, 0.1) is 0 Å². The number of amides is 5. The number of aromatic nitrogens is 2. The molecule has 2 aromatic rings. The van der Waals surface area contributed by atoms with Crippen LogP contribution in [0.1, 0.15) is 71.7 Å². The number of ether oxygens (including phenoxy) is 1. The lowest BCUT2D eigenvalue weighted by molar-refractivity contribution is -0.158. The lowest BCUT2D eigenvalue weighted by Gasteiger charge is -2.25. The van der Waals surface area contributed by atoms with Crippen LogP contribution >= 0.6 is 0 Å². The zero-order valence-corrected chi connectivity index (χ0v) is 27.8. The van der Waals surface area contributed by atoms with Gasteiger partial charge in [-0.3, -0.25) is 24.0 Å². The monoisotopic (exact) mass is 657 g/mol. The topological polar surface area (TPSA) is 210 Å². The maximum Gasteiger partial charge on any atom is 0.333 e. The van der Waals surface area contributed by atoms with Crippen LogP contribution in [0.25, 0.3) is 0 Å². The summed E-state index contributed by atoms with van der Waals surface area (Å²) in [7, 11) is 0. The van der Waals surface area contributed by atoms with Crippen LogP contribution in [0.2, 0.25) is 0 Å². The number of imidazole rings is 1. The van der Waals surface area contributed by atoms with Gasteiger partial charge in [0.15, 0.2) is 12.1 Å². The third kappa shape index (κ3) is 13.6. The van der Waals surface area contributed by atoms with E-state index in [1.54, 1.807) is 70.6 Å². The summed E-state index contributed by atoms with van der Waals surface area (Å²) in [5.74, 6) is -4.02. The minimum atomic E-state index is -1.77. The van der Waals surface area contributed by atoms with Gasteiger partial charge < -0.3 is 41.0 Å². The predicted octanol–water partition coefficient (Wildman–Crippen LogP) is 0.0276. The molecule has 258 valence electrons. The second kappa shape index (κ2) is 18.4.